The number of rotatable bonds is 4. The van der Waals surface area contributed by atoms with E-state index in [9.17, 15) is 14.7 Å². The average Bonchev–Trinajstić information content (AvgIpc) is 3.12. The van der Waals surface area contributed by atoms with Crippen LogP contribution in [0.15, 0.2) is 56.5 Å². The van der Waals surface area contributed by atoms with Crippen LogP contribution in [0.4, 0.5) is 5.69 Å². The number of carbonyl (C=O) groups is 2. The number of aromatic hydroxyl groups is 1. The van der Waals surface area contributed by atoms with Gasteiger partial charge in [-0.15, -0.1) is 0 Å². The van der Waals surface area contributed by atoms with E-state index in [4.69, 9.17) is 4.42 Å². The maximum Gasteiger partial charge on any atom is 0.291 e. The average molecular weight is 496 g/mol. The molecule has 0 atom stereocenters. The minimum Gasteiger partial charge on any atom is -0.508 e. The van der Waals surface area contributed by atoms with Gasteiger partial charge >= 0.3 is 0 Å². The van der Waals surface area contributed by atoms with E-state index in [1.54, 1.807) is 0 Å². The van der Waals surface area contributed by atoms with Gasteiger partial charge in [-0.1, -0.05) is 6.07 Å². The lowest BCUT2D eigenvalue weighted by atomic mass is 9.93. The highest BCUT2D eigenvalue weighted by molar-refractivity contribution is 9.10. The van der Waals surface area contributed by atoms with Crippen LogP contribution in [0.25, 0.3) is 0 Å². The van der Waals surface area contributed by atoms with Crippen LogP contribution in [-0.4, -0.2) is 22.6 Å². The van der Waals surface area contributed by atoms with Crippen LogP contribution in [0, 0.1) is 13.8 Å². The van der Waals surface area contributed by atoms with E-state index in [-0.39, 0.29) is 23.3 Å². The molecule has 1 aromatic heterocycles. The second-order valence-corrected chi connectivity index (χ2v) is 8.55. The van der Waals surface area contributed by atoms with Crippen molar-refractivity contribution >= 4 is 39.1 Å². The Morgan fingerprint density at radius 2 is 1.81 bits per heavy atom. The zero-order chi connectivity index (χ0) is 22.8. The van der Waals surface area contributed by atoms with Gasteiger partial charge in [-0.2, -0.15) is 5.10 Å². The molecule has 8 heteroatoms. The number of aryl methyl sites for hydroxylation is 2. The van der Waals surface area contributed by atoms with Gasteiger partial charge in [-0.25, -0.2) is 5.43 Å². The van der Waals surface area contributed by atoms with Crippen LogP contribution >= 0.6 is 15.9 Å². The Labute approximate surface area is 193 Å². The van der Waals surface area contributed by atoms with Crippen molar-refractivity contribution in [2.45, 2.75) is 33.1 Å². The first-order valence-electron chi connectivity index (χ1n) is 10.2. The number of phenols is 1. The van der Waals surface area contributed by atoms with Crippen LogP contribution in [0.1, 0.15) is 56.2 Å². The van der Waals surface area contributed by atoms with Crippen molar-refractivity contribution in [1.82, 2.24) is 5.43 Å². The Kier molecular flexibility index (Phi) is 6.14. The number of nitrogens with one attached hydrogen (secondary N) is 2. The number of nitrogens with zero attached hydrogens (tertiary/aromatic N) is 1. The molecule has 0 unspecified atom stereocenters. The SMILES string of the molecule is Cc1ccc(NC(=O)c2oc3c(c2C)/C(=N/NC(=O)c2ccc(O)cc2)CCC3)c(Br)c1. The van der Waals surface area contributed by atoms with E-state index in [1.807, 2.05) is 32.0 Å². The topological polar surface area (TPSA) is 104 Å². The fourth-order valence-electron chi connectivity index (χ4n) is 3.69. The van der Waals surface area contributed by atoms with Crippen molar-refractivity contribution in [2.24, 2.45) is 5.10 Å². The third-order valence-electron chi connectivity index (χ3n) is 5.33. The van der Waals surface area contributed by atoms with E-state index >= 15 is 0 Å². The molecule has 0 saturated carbocycles. The summed E-state index contributed by atoms with van der Waals surface area (Å²) in [4.78, 5) is 25.3. The summed E-state index contributed by atoms with van der Waals surface area (Å²) in [5.41, 5.74) is 6.83. The minimum atomic E-state index is -0.382. The number of hydrazone groups is 1. The van der Waals surface area contributed by atoms with Gasteiger partial charge in [-0.05, 0) is 84.6 Å². The first-order valence-corrected chi connectivity index (χ1v) is 11.0. The van der Waals surface area contributed by atoms with Gasteiger partial charge in [0.2, 0.25) is 0 Å². The summed E-state index contributed by atoms with van der Waals surface area (Å²) in [6.45, 7) is 3.80. The van der Waals surface area contributed by atoms with Gasteiger partial charge in [0.1, 0.15) is 11.5 Å². The molecule has 0 bridgehead atoms. The Morgan fingerprint density at radius 3 is 2.53 bits per heavy atom. The van der Waals surface area contributed by atoms with Crippen molar-refractivity contribution in [3.8, 4) is 5.75 Å². The molecule has 0 saturated heterocycles. The number of fused-ring (bicyclic) bond motifs is 1. The van der Waals surface area contributed by atoms with Crippen LogP contribution in [-0.2, 0) is 6.42 Å². The predicted molar refractivity (Wildman–Crippen MR) is 125 cm³/mol. The largest absolute Gasteiger partial charge is 0.508 e. The number of phenolic OH excluding ortho intramolecular Hbond substituents is 1. The third-order valence-corrected chi connectivity index (χ3v) is 5.98. The molecule has 7 nitrogen and oxygen atoms in total. The fourth-order valence-corrected chi connectivity index (χ4v) is 4.29. The van der Waals surface area contributed by atoms with Crippen molar-refractivity contribution in [1.29, 1.82) is 0 Å². The van der Waals surface area contributed by atoms with E-state index in [1.165, 1.54) is 24.3 Å². The Bertz CT molecular complexity index is 1230. The molecule has 0 aliphatic heterocycles. The first kappa shape index (κ1) is 21.8. The molecule has 0 spiro atoms. The number of hydrogen-bond acceptors (Lipinski definition) is 5. The van der Waals surface area contributed by atoms with Gasteiger partial charge < -0.3 is 14.8 Å². The van der Waals surface area contributed by atoms with Gasteiger partial charge in [0, 0.05) is 27.6 Å². The third kappa shape index (κ3) is 4.45. The summed E-state index contributed by atoms with van der Waals surface area (Å²) >= 11 is 3.47. The molecular weight excluding hydrogens is 474 g/mol. The number of benzene rings is 2. The summed E-state index contributed by atoms with van der Waals surface area (Å²) in [7, 11) is 0. The molecule has 1 aliphatic rings. The van der Waals surface area contributed by atoms with Crippen molar-refractivity contribution in [2.75, 3.05) is 5.32 Å². The maximum atomic E-state index is 12.9. The molecule has 0 radical (unpaired) electrons. The normalized spacial score (nSPS) is 14.2. The molecule has 0 fully saturated rings. The fraction of sp³-hybridized carbons (Fsp3) is 0.208. The molecule has 2 amide bonds. The minimum absolute atomic E-state index is 0.0854. The maximum absolute atomic E-state index is 12.9. The zero-order valence-corrected chi connectivity index (χ0v) is 19.2. The van der Waals surface area contributed by atoms with Crippen molar-refractivity contribution in [3.05, 3.63) is 80.7 Å². The van der Waals surface area contributed by atoms with E-state index in [2.05, 4.69) is 31.8 Å². The summed E-state index contributed by atoms with van der Waals surface area (Å²) in [6.07, 6.45) is 2.16. The van der Waals surface area contributed by atoms with Crippen LogP contribution in [0.2, 0.25) is 0 Å². The number of anilines is 1. The summed E-state index contributed by atoms with van der Waals surface area (Å²) in [5.74, 6) is 0.297. The van der Waals surface area contributed by atoms with Crippen molar-refractivity contribution < 1.29 is 19.1 Å². The molecule has 1 heterocycles. The Hall–Kier alpha value is -3.39. The molecule has 1 aliphatic carbocycles. The number of hydrogen-bond donors (Lipinski definition) is 3. The first-order chi connectivity index (χ1) is 15.3. The van der Waals surface area contributed by atoms with Gasteiger partial charge in [0.15, 0.2) is 5.76 Å². The molecule has 32 heavy (non-hydrogen) atoms. The van der Waals surface area contributed by atoms with Crippen LogP contribution in [0.5, 0.6) is 5.75 Å². The number of amides is 2. The standard InChI is InChI=1S/C24H22BrN3O4/c1-13-6-11-18(17(25)12-13)26-24(31)22-14(2)21-19(4-3-5-20(21)32-22)27-28-23(30)15-7-9-16(29)10-8-15/h6-12,29H,3-5H2,1-2H3,(H,26,31)(H,28,30)/b27-19+. The monoisotopic (exact) mass is 495 g/mol. The quantitative estimate of drug-likeness (QED) is 0.438. The van der Waals surface area contributed by atoms with Crippen molar-refractivity contribution in [3.63, 3.8) is 0 Å². The van der Waals surface area contributed by atoms with E-state index < -0.39 is 0 Å². The molecular formula is C24H22BrN3O4. The number of halogens is 1. The van der Waals surface area contributed by atoms with E-state index in [0.29, 0.717) is 41.1 Å². The molecule has 3 aromatic rings. The second-order valence-electron chi connectivity index (χ2n) is 7.69. The molecule has 4 rings (SSSR count). The summed E-state index contributed by atoms with van der Waals surface area (Å²) in [5, 5.41) is 16.6. The second kappa shape index (κ2) is 9.00. The van der Waals surface area contributed by atoms with Gasteiger partial charge in [-0.3, -0.25) is 9.59 Å². The smallest absolute Gasteiger partial charge is 0.291 e. The molecule has 164 valence electrons. The highest BCUT2D eigenvalue weighted by atomic mass is 79.9. The summed E-state index contributed by atoms with van der Waals surface area (Å²) < 4.78 is 6.71. The lowest BCUT2D eigenvalue weighted by molar-refractivity contribution is 0.0953. The lowest BCUT2D eigenvalue weighted by Crippen LogP contribution is -2.22. The predicted octanol–water partition coefficient (Wildman–Crippen LogP) is 5.09. The zero-order valence-electron chi connectivity index (χ0n) is 17.7. The van der Waals surface area contributed by atoms with Crippen LogP contribution < -0.4 is 10.7 Å². The molecule has 3 N–H and O–H groups in total. The lowest BCUT2D eigenvalue weighted by Gasteiger charge is -2.13. The number of furan rings is 1. The Morgan fingerprint density at radius 1 is 1.06 bits per heavy atom. The van der Waals surface area contributed by atoms with E-state index in [0.717, 1.165) is 22.0 Å². The summed E-state index contributed by atoms with van der Waals surface area (Å²) in [6, 6.07) is 11.6. The highest BCUT2D eigenvalue weighted by Gasteiger charge is 2.28. The Balaban J connectivity index is 1.57. The number of carbonyl (C=O) groups excluding carboxylic acids is 2. The van der Waals surface area contributed by atoms with Gasteiger partial charge in [0.05, 0.1) is 11.4 Å². The van der Waals surface area contributed by atoms with Crippen LogP contribution in [0.3, 0.4) is 0 Å². The molecule has 2 aromatic carbocycles. The van der Waals surface area contributed by atoms with Gasteiger partial charge in [0.25, 0.3) is 11.8 Å². The highest BCUT2D eigenvalue weighted by Crippen LogP contribution is 2.31.